The highest BCUT2D eigenvalue weighted by Crippen LogP contribution is 2.31. The SMILES string of the molecule is CC(Br)C1CCCCN1c1ccc2cc(/C=C(\C#N)C(=O)CCC(O)C(O)CO)ccc2c1. The molecule has 6 nitrogen and oxygen atoms in total. The number of halogens is 1. The number of Topliss-reactive ketones (excluding diaryl/α,β-unsaturated/α-hetero) is 1. The quantitative estimate of drug-likeness (QED) is 0.266. The van der Waals surface area contributed by atoms with Crippen LogP contribution >= 0.6 is 15.9 Å². The van der Waals surface area contributed by atoms with E-state index in [1.54, 1.807) is 6.08 Å². The number of aliphatic hydroxyl groups excluding tert-OH is 3. The zero-order valence-electron chi connectivity index (χ0n) is 18.8. The van der Waals surface area contributed by atoms with Gasteiger partial charge in [0.15, 0.2) is 5.78 Å². The van der Waals surface area contributed by atoms with E-state index in [1.807, 2.05) is 24.3 Å². The minimum absolute atomic E-state index is 0.000810. The van der Waals surface area contributed by atoms with Crippen LogP contribution in [0.1, 0.15) is 44.6 Å². The molecule has 4 unspecified atom stereocenters. The first-order valence-corrected chi connectivity index (χ1v) is 12.3. The van der Waals surface area contributed by atoms with Crippen LogP contribution in [0.4, 0.5) is 5.69 Å². The summed E-state index contributed by atoms with van der Waals surface area (Å²) in [5.41, 5.74) is 1.96. The van der Waals surface area contributed by atoms with Gasteiger partial charge in [0.2, 0.25) is 0 Å². The summed E-state index contributed by atoms with van der Waals surface area (Å²) in [6.07, 6.45) is 2.56. The lowest BCUT2D eigenvalue weighted by atomic mass is 9.97. The summed E-state index contributed by atoms with van der Waals surface area (Å²) in [7, 11) is 0. The maximum atomic E-state index is 12.4. The Morgan fingerprint density at radius 3 is 2.64 bits per heavy atom. The minimum Gasteiger partial charge on any atom is -0.394 e. The molecule has 1 aliphatic heterocycles. The molecule has 0 aliphatic carbocycles. The Balaban J connectivity index is 1.77. The van der Waals surface area contributed by atoms with Crippen molar-refractivity contribution in [3.05, 3.63) is 47.5 Å². The number of hydrogen-bond acceptors (Lipinski definition) is 6. The number of carbonyl (C=O) groups excluding carboxylic acids is 1. The summed E-state index contributed by atoms with van der Waals surface area (Å²) in [4.78, 5) is 15.3. The Labute approximate surface area is 203 Å². The number of aliphatic hydroxyl groups is 3. The number of fused-ring (bicyclic) bond motifs is 1. The van der Waals surface area contributed by atoms with Gasteiger partial charge in [-0.15, -0.1) is 0 Å². The highest BCUT2D eigenvalue weighted by atomic mass is 79.9. The lowest BCUT2D eigenvalue weighted by Crippen LogP contribution is -2.44. The first-order chi connectivity index (χ1) is 15.8. The molecule has 1 heterocycles. The van der Waals surface area contributed by atoms with Crippen molar-refractivity contribution >= 4 is 44.2 Å². The van der Waals surface area contributed by atoms with Crippen molar-refractivity contribution in [1.29, 1.82) is 5.26 Å². The van der Waals surface area contributed by atoms with E-state index in [2.05, 4.69) is 46.0 Å². The van der Waals surface area contributed by atoms with E-state index in [0.29, 0.717) is 10.9 Å². The predicted molar refractivity (Wildman–Crippen MR) is 134 cm³/mol. The van der Waals surface area contributed by atoms with E-state index in [-0.39, 0.29) is 18.4 Å². The van der Waals surface area contributed by atoms with Crippen LogP contribution in [0.3, 0.4) is 0 Å². The fraction of sp³-hybridized carbons (Fsp3) is 0.462. The summed E-state index contributed by atoms with van der Waals surface area (Å²) < 4.78 is 0. The van der Waals surface area contributed by atoms with Gasteiger partial charge in [-0.05, 0) is 66.3 Å². The summed E-state index contributed by atoms with van der Waals surface area (Å²) >= 11 is 3.76. The molecule has 33 heavy (non-hydrogen) atoms. The van der Waals surface area contributed by atoms with Gasteiger partial charge in [-0.25, -0.2) is 0 Å². The van der Waals surface area contributed by atoms with Crippen molar-refractivity contribution in [2.45, 2.75) is 62.1 Å². The molecule has 0 aromatic heterocycles. The number of hydrogen-bond donors (Lipinski definition) is 3. The van der Waals surface area contributed by atoms with Crippen molar-refractivity contribution in [1.82, 2.24) is 0 Å². The number of allylic oxidation sites excluding steroid dienone is 1. The monoisotopic (exact) mass is 514 g/mol. The molecular weight excluding hydrogens is 484 g/mol. The number of nitriles is 1. The Bertz CT molecular complexity index is 1050. The Kier molecular flexibility index (Phi) is 9.04. The van der Waals surface area contributed by atoms with Crippen LogP contribution in [0, 0.1) is 11.3 Å². The number of carbonyl (C=O) groups is 1. The number of benzene rings is 2. The van der Waals surface area contributed by atoms with Crippen molar-refractivity contribution in [2.75, 3.05) is 18.1 Å². The highest BCUT2D eigenvalue weighted by Gasteiger charge is 2.26. The fourth-order valence-corrected chi connectivity index (χ4v) is 4.89. The summed E-state index contributed by atoms with van der Waals surface area (Å²) in [5, 5.41) is 39.6. The van der Waals surface area contributed by atoms with Gasteiger partial charge in [-0.1, -0.05) is 41.1 Å². The van der Waals surface area contributed by atoms with E-state index in [4.69, 9.17) is 5.11 Å². The summed E-state index contributed by atoms with van der Waals surface area (Å²) in [6, 6.07) is 14.7. The number of rotatable bonds is 9. The molecule has 1 fully saturated rings. The van der Waals surface area contributed by atoms with E-state index in [1.165, 1.54) is 24.9 Å². The standard InChI is InChI=1S/C26H31BrN2O4/c1-17(27)23-4-2-3-11-29(23)22-8-7-19-12-18(5-6-20(19)14-22)13-21(15-28)24(31)9-10-25(32)26(33)16-30/h5-8,12-14,17,23,25-26,30,32-33H,2-4,9-11,16H2,1H3/b21-13+. The van der Waals surface area contributed by atoms with Gasteiger partial charge in [-0.2, -0.15) is 5.26 Å². The molecule has 1 aliphatic rings. The van der Waals surface area contributed by atoms with Crippen LogP contribution in [-0.2, 0) is 4.79 Å². The van der Waals surface area contributed by atoms with Gasteiger partial charge in [0.1, 0.15) is 12.2 Å². The topological polar surface area (TPSA) is 105 Å². The first kappa shape index (κ1) is 25.4. The molecule has 3 rings (SSSR count). The Morgan fingerprint density at radius 1 is 1.21 bits per heavy atom. The number of nitrogens with zero attached hydrogens (tertiary/aromatic N) is 2. The second-order valence-corrected chi connectivity index (χ2v) is 10.1. The lowest BCUT2D eigenvalue weighted by molar-refractivity contribution is -0.116. The largest absolute Gasteiger partial charge is 0.394 e. The Morgan fingerprint density at radius 2 is 1.94 bits per heavy atom. The van der Waals surface area contributed by atoms with E-state index >= 15 is 0 Å². The second-order valence-electron chi connectivity index (χ2n) is 8.67. The zero-order valence-corrected chi connectivity index (χ0v) is 20.4. The normalized spacial score (nSPS) is 19.7. The fourth-order valence-electron chi connectivity index (χ4n) is 4.35. The van der Waals surface area contributed by atoms with Gasteiger partial charge in [0, 0.05) is 29.5 Å². The van der Waals surface area contributed by atoms with Crippen LogP contribution in [0.15, 0.2) is 42.0 Å². The third kappa shape index (κ3) is 6.42. The second kappa shape index (κ2) is 11.8. The molecular formula is C26H31BrN2O4. The van der Waals surface area contributed by atoms with Crippen LogP contribution in [0.2, 0.25) is 0 Å². The molecule has 0 radical (unpaired) electrons. The van der Waals surface area contributed by atoms with Gasteiger partial charge in [-0.3, -0.25) is 4.79 Å². The maximum Gasteiger partial charge on any atom is 0.173 e. The molecule has 0 saturated carbocycles. The average Bonchev–Trinajstić information content (AvgIpc) is 2.84. The van der Waals surface area contributed by atoms with Gasteiger partial charge in [0.25, 0.3) is 0 Å². The third-order valence-electron chi connectivity index (χ3n) is 6.29. The summed E-state index contributed by atoms with van der Waals surface area (Å²) in [6.45, 7) is 2.67. The smallest absolute Gasteiger partial charge is 0.173 e. The van der Waals surface area contributed by atoms with Crippen molar-refractivity contribution in [2.24, 2.45) is 0 Å². The number of anilines is 1. The molecule has 2 aromatic carbocycles. The van der Waals surface area contributed by atoms with Crippen LogP contribution in [-0.4, -0.2) is 57.3 Å². The molecule has 7 heteroatoms. The molecule has 176 valence electrons. The molecule has 0 bridgehead atoms. The first-order valence-electron chi connectivity index (χ1n) is 11.4. The van der Waals surface area contributed by atoms with Gasteiger partial charge in [0.05, 0.1) is 18.3 Å². The van der Waals surface area contributed by atoms with Crippen molar-refractivity contribution < 1.29 is 20.1 Å². The van der Waals surface area contributed by atoms with Gasteiger partial charge < -0.3 is 20.2 Å². The molecule has 3 N–H and O–H groups in total. The lowest BCUT2D eigenvalue weighted by Gasteiger charge is -2.39. The third-order valence-corrected chi connectivity index (χ3v) is 6.90. The number of piperidine rings is 1. The number of alkyl halides is 1. The van der Waals surface area contributed by atoms with Crippen LogP contribution < -0.4 is 4.90 Å². The van der Waals surface area contributed by atoms with E-state index in [9.17, 15) is 20.3 Å². The van der Waals surface area contributed by atoms with Crippen molar-refractivity contribution in [3.63, 3.8) is 0 Å². The molecule has 0 amide bonds. The molecule has 1 saturated heterocycles. The highest BCUT2D eigenvalue weighted by molar-refractivity contribution is 9.09. The minimum atomic E-state index is -1.30. The molecule has 0 spiro atoms. The predicted octanol–water partition coefficient (Wildman–Crippen LogP) is 3.95. The van der Waals surface area contributed by atoms with Crippen molar-refractivity contribution in [3.8, 4) is 6.07 Å². The number of ketones is 1. The Hall–Kier alpha value is -2.24. The summed E-state index contributed by atoms with van der Waals surface area (Å²) in [5.74, 6) is -0.405. The molecule has 4 atom stereocenters. The van der Waals surface area contributed by atoms with E-state index in [0.717, 1.165) is 22.9 Å². The van der Waals surface area contributed by atoms with Crippen LogP contribution in [0.25, 0.3) is 16.8 Å². The van der Waals surface area contributed by atoms with Gasteiger partial charge >= 0.3 is 0 Å². The van der Waals surface area contributed by atoms with E-state index < -0.39 is 24.6 Å². The average molecular weight is 515 g/mol. The molecule has 2 aromatic rings. The van der Waals surface area contributed by atoms with Crippen LogP contribution in [0.5, 0.6) is 0 Å². The zero-order chi connectivity index (χ0) is 24.0. The maximum absolute atomic E-state index is 12.4.